The lowest BCUT2D eigenvalue weighted by Gasteiger charge is -2.07. The largest absolute Gasteiger partial charge is 0.506 e. The van der Waals surface area contributed by atoms with E-state index in [1.807, 2.05) is 0 Å². The molecule has 0 aliphatic rings. The number of nitrogens with one attached hydrogen (secondary N) is 1. The summed E-state index contributed by atoms with van der Waals surface area (Å²) in [6.07, 6.45) is 0. The number of hydrogen-bond donors (Lipinski definition) is 2. The summed E-state index contributed by atoms with van der Waals surface area (Å²) in [6.45, 7) is 1.74. The molecule has 2 N–H and O–H groups in total. The van der Waals surface area contributed by atoms with Gasteiger partial charge in [0.2, 0.25) is 0 Å². The SMILES string of the molecule is Cc1cccc(C(=O)Nc2cc([N+](=O)[O-])ccc2O)n1. The predicted octanol–water partition coefficient (Wildman–Crippen LogP) is 2.26. The molecule has 0 saturated heterocycles. The van der Waals surface area contributed by atoms with Crippen molar-refractivity contribution in [3.63, 3.8) is 0 Å². The van der Waals surface area contributed by atoms with Crippen molar-refractivity contribution in [1.29, 1.82) is 0 Å². The molecule has 20 heavy (non-hydrogen) atoms. The number of nitro groups is 1. The van der Waals surface area contributed by atoms with Gasteiger partial charge in [0.1, 0.15) is 11.4 Å². The van der Waals surface area contributed by atoms with Crippen molar-refractivity contribution in [1.82, 2.24) is 4.98 Å². The first-order valence-corrected chi connectivity index (χ1v) is 5.70. The number of non-ortho nitro benzene ring substituents is 1. The number of aromatic hydroxyl groups is 1. The van der Waals surface area contributed by atoms with Gasteiger partial charge in [0.15, 0.2) is 0 Å². The molecule has 0 unspecified atom stereocenters. The summed E-state index contributed by atoms with van der Waals surface area (Å²) in [5.74, 6) is -0.805. The normalized spacial score (nSPS) is 10.1. The van der Waals surface area contributed by atoms with Crippen LogP contribution in [0.4, 0.5) is 11.4 Å². The maximum atomic E-state index is 11.9. The molecule has 0 spiro atoms. The van der Waals surface area contributed by atoms with Crippen molar-refractivity contribution in [2.75, 3.05) is 5.32 Å². The van der Waals surface area contributed by atoms with Crippen LogP contribution in [0.3, 0.4) is 0 Å². The Morgan fingerprint density at radius 3 is 2.75 bits per heavy atom. The molecule has 0 saturated carbocycles. The maximum absolute atomic E-state index is 11.9. The fourth-order valence-corrected chi connectivity index (χ4v) is 1.59. The zero-order chi connectivity index (χ0) is 14.7. The number of rotatable bonds is 3. The predicted molar refractivity (Wildman–Crippen MR) is 71.7 cm³/mol. The minimum absolute atomic E-state index is 0.0347. The molecule has 1 aromatic heterocycles. The fourth-order valence-electron chi connectivity index (χ4n) is 1.59. The Bertz CT molecular complexity index is 685. The summed E-state index contributed by atoms with van der Waals surface area (Å²) in [5, 5.41) is 22.7. The summed E-state index contributed by atoms with van der Waals surface area (Å²) in [6, 6.07) is 8.30. The fraction of sp³-hybridized carbons (Fsp3) is 0.0769. The lowest BCUT2D eigenvalue weighted by atomic mass is 10.2. The molecule has 0 atom stereocenters. The number of carbonyl (C=O) groups is 1. The molecule has 1 amide bonds. The zero-order valence-electron chi connectivity index (χ0n) is 10.5. The van der Waals surface area contributed by atoms with Gasteiger partial charge in [-0.1, -0.05) is 6.07 Å². The lowest BCUT2D eigenvalue weighted by molar-refractivity contribution is -0.384. The van der Waals surface area contributed by atoms with Crippen LogP contribution in [-0.4, -0.2) is 20.9 Å². The summed E-state index contributed by atoms with van der Waals surface area (Å²) in [7, 11) is 0. The third-order valence-corrected chi connectivity index (χ3v) is 2.56. The number of nitro benzene ring substituents is 1. The molecule has 0 fully saturated rings. The van der Waals surface area contributed by atoms with Crippen molar-refractivity contribution in [2.24, 2.45) is 0 Å². The Morgan fingerprint density at radius 2 is 2.10 bits per heavy atom. The van der Waals surface area contributed by atoms with Crippen LogP contribution in [0.1, 0.15) is 16.2 Å². The number of carbonyl (C=O) groups excluding carboxylic acids is 1. The number of nitrogens with zero attached hydrogens (tertiary/aromatic N) is 2. The minimum Gasteiger partial charge on any atom is -0.506 e. The molecule has 1 heterocycles. The standard InChI is InChI=1S/C13H11N3O4/c1-8-3-2-4-10(14-8)13(18)15-11-7-9(16(19)20)5-6-12(11)17/h2-7,17H,1H3,(H,15,18). The zero-order valence-corrected chi connectivity index (χ0v) is 10.5. The topological polar surface area (TPSA) is 105 Å². The van der Waals surface area contributed by atoms with E-state index in [2.05, 4.69) is 10.3 Å². The van der Waals surface area contributed by atoms with Gasteiger partial charge < -0.3 is 10.4 Å². The van der Waals surface area contributed by atoms with Crippen molar-refractivity contribution < 1.29 is 14.8 Å². The first kappa shape index (κ1) is 13.5. The van der Waals surface area contributed by atoms with Gasteiger partial charge in [0.05, 0.1) is 10.6 Å². The van der Waals surface area contributed by atoms with Gasteiger partial charge in [-0.05, 0) is 25.1 Å². The van der Waals surface area contributed by atoms with Gasteiger partial charge in [-0.3, -0.25) is 14.9 Å². The van der Waals surface area contributed by atoms with E-state index < -0.39 is 10.8 Å². The van der Waals surface area contributed by atoms with Crippen molar-refractivity contribution in [3.05, 3.63) is 57.9 Å². The van der Waals surface area contributed by atoms with Crippen LogP contribution >= 0.6 is 0 Å². The van der Waals surface area contributed by atoms with E-state index in [-0.39, 0.29) is 22.8 Å². The first-order valence-electron chi connectivity index (χ1n) is 5.70. The first-order chi connectivity index (χ1) is 9.47. The third kappa shape index (κ3) is 2.89. The van der Waals surface area contributed by atoms with Crippen molar-refractivity contribution in [2.45, 2.75) is 6.92 Å². The van der Waals surface area contributed by atoms with E-state index in [4.69, 9.17) is 0 Å². The summed E-state index contributed by atoms with van der Waals surface area (Å²) < 4.78 is 0. The Kier molecular flexibility index (Phi) is 3.60. The van der Waals surface area contributed by atoms with Crippen molar-refractivity contribution in [3.8, 4) is 5.75 Å². The number of phenols is 1. The van der Waals surface area contributed by atoms with Crippen LogP contribution < -0.4 is 5.32 Å². The highest BCUT2D eigenvalue weighted by Crippen LogP contribution is 2.28. The van der Waals surface area contributed by atoms with Gasteiger partial charge in [-0.2, -0.15) is 0 Å². The van der Waals surface area contributed by atoms with Crippen LogP contribution in [0, 0.1) is 17.0 Å². The second kappa shape index (κ2) is 5.35. The minimum atomic E-state index is -0.611. The second-order valence-electron chi connectivity index (χ2n) is 4.08. The smallest absolute Gasteiger partial charge is 0.274 e. The number of aryl methyl sites for hydroxylation is 1. The third-order valence-electron chi connectivity index (χ3n) is 2.56. The Balaban J connectivity index is 2.27. The number of amides is 1. The molecule has 0 aliphatic heterocycles. The Labute approximate surface area is 114 Å². The van der Waals surface area contributed by atoms with Crippen LogP contribution in [0.2, 0.25) is 0 Å². The average molecular weight is 273 g/mol. The molecule has 0 radical (unpaired) electrons. The van der Waals surface area contributed by atoms with E-state index >= 15 is 0 Å². The van der Waals surface area contributed by atoms with Gasteiger partial charge in [0.25, 0.3) is 11.6 Å². The average Bonchev–Trinajstić information content (AvgIpc) is 2.41. The highest BCUT2D eigenvalue weighted by molar-refractivity contribution is 6.03. The second-order valence-corrected chi connectivity index (χ2v) is 4.08. The Morgan fingerprint density at radius 1 is 1.35 bits per heavy atom. The summed E-state index contributed by atoms with van der Waals surface area (Å²) >= 11 is 0. The number of aromatic nitrogens is 1. The Hall–Kier alpha value is -2.96. The van der Waals surface area contributed by atoms with Gasteiger partial charge in [-0.25, -0.2) is 4.98 Å². The molecule has 7 nitrogen and oxygen atoms in total. The number of anilines is 1. The van der Waals surface area contributed by atoms with Crippen LogP contribution in [0.5, 0.6) is 5.75 Å². The molecule has 2 aromatic rings. The number of pyridine rings is 1. The lowest BCUT2D eigenvalue weighted by Crippen LogP contribution is -2.14. The highest BCUT2D eigenvalue weighted by atomic mass is 16.6. The molecular formula is C13H11N3O4. The number of phenolic OH excluding ortho intramolecular Hbond substituents is 1. The van der Waals surface area contributed by atoms with E-state index in [0.717, 1.165) is 18.2 Å². The van der Waals surface area contributed by atoms with E-state index in [1.165, 1.54) is 6.07 Å². The molecule has 1 aromatic carbocycles. The number of benzene rings is 1. The van der Waals surface area contributed by atoms with Crippen LogP contribution in [0.15, 0.2) is 36.4 Å². The highest BCUT2D eigenvalue weighted by Gasteiger charge is 2.14. The van der Waals surface area contributed by atoms with E-state index in [9.17, 15) is 20.0 Å². The quantitative estimate of drug-likeness (QED) is 0.507. The van der Waals surface area contributed by atoms with Gasteiger partial charge >= 0.3 is 0 Å². The van der Waals surface area contributed by atoms with Crippen molar-refractivity contribution >= 4 is 17.3 Å². The summed E-state index contributed by atoms with van der Waals surface area (Å²) in [4.78, 5) is 26.0. The van der Waals surface area contributed by atoms with Crippen LogP contribution in [-0.2, 0) is 0 Å². The van der Waals surface area contributed by atoms with E-state index in [0.29, 0.717) is 5.69 Å². The maximum Gasteiger partial charge on any atom is 0.274 e. The van der Waals surface area contributed by atoms with E-state index in [1.54, 1.807) is 19.1 Å². The van der Waals surface area contributed by atoms with Gasteiger partial charge in [0, 0.05) is 17.8 Å². The van der Waals surface area contributed by atoms with Gasteiger partial charge in [-0.15, -0.1) is 0 Å². The molecule has 102 valence electrons. The molecule has 7 heteroatoms. The summed E-state index contributed by atoms with van der Waals surface area (Å²) in [5.41, 5.74) is 0.569. The molecule has 0 bridgehead atoms. The monoisotopic (exact) mass is 273 g/mol. The molecule has 2 rings (SSSR count). The number of hydrogen-bond acceptors (Lipinski definition) is 5. The molecular weight excluding hydrogens is 262 g/mol. The molecule has 0 aliphatic carbocycles. The van der Waals surface area contributed by atoms with Crippen LogP contribution in [0.25, 0.3) is 0 Å².